The Hall–Kier alpha value is -4.13. The van der Waals surface area contributed by atoms with Crippen molar-refractivity contribution in [3.63, 3.8) is 0 Å². The molecule has 7 heteroatoms. The van der Waals surface area contributed by atoms with Crippen LogP contribution in [-0.4, -0.2) is 31.8 Å². The molecule has 0 aliphatic rings. The summed E-state index contributed by atoms with van der Waals surface area (Å²) in [6.45, 7) is 2.75. The molecule has 33 heavy (non-hydrogen) atoms. The molecule has 0 saturated heterocycles. The van der Waals surface area contributed by atoms with Crippen LogP contribution in [-0.2, 0) is 0 Å². The second kappa shape index (κ2) is 12.0. The fourth-order valence-corrected chi connectivity index (χ4v) is 2.80. The maximum Gasteiger partial charge on any atom is 0.343 e. The van der Waals surface area contributed by atoms with Crippen LogP contribution in [0.2, 0.25) is 0 Å². The van der Waals surface area contributed by atoms with Crippen LogP contribution in [0.4, 0.5) is 0 Å². The van der Waals surface area contributed by atoms with Crippen LogP contribution in [0.15, 0.2) is 77.9 Å². The molecule has 0 spiro atoms. The van der Waals surface area contributed by atoms with Crippen molar-refractivity contribution in [1.82, 2.24) is 5.43 Å². The lowest BCUT2D eigenvalue weighted by atomic mass is 10.2. The summed E-state index contributed by atoms with van der Waals surface area (Å²) in [5, 5.41) is 3.96. The van der Waals surface area contributed by atoms with Gasteiger partial charge in [-0.2, -0.15) is 5.10 Å². The average molecular weight is 447 g/mol. The van der Waals surface area contributed by atoms with Crippen LogP contribution in [0.25, 0.3) is 0 Å². The van der Waals surface area contributed by atoms with Crippen LogP contribution < -0.4 is 19.6 Å². The van der Waals surface area contributed by atoms with Gasteiger partial charge in [0.2, 0.25) is 0 Å². The Kier molecular flexibility index (Phi) is 8.59. The van der Waals surface area contributed by atoms with Gasteiger partial charge < -0.3 is 14.2 Å². The van der Waals surface area contributed by atoms with Crippen molar-refractivity contribution in [3.8, 4) is 17.2 Å². The van der Waals surface area contributed by atoms with E-state index in [1.807, 2.05) is 0 Å². The first kappa shape index (κ1) is 23.5. The number of esters is 1. The van der Waals surface area contributed by atoms with Gasteiger partial charge in [-0.3, -0.25) is 4.79 Å². The van der Waals surface area contributed by atoms with Crippen molar-refractivity contribution in [2.45, 2.75) is 19.8 Å². The minimum atomic E-state index is -0.456. The molecule has 0 unspecified atom stereocenters. The molecule has 3 aromatic carbocycles. The Morgan fingerprint density at radius 2 is 1.64 bits per heavy atom. The third-order valence-electron chi connectivity index (χ3n) is 4.66. The van der Waals surface area contributed by atoms with Crippen molar-refractivity contribution in [2.75, 3.05) is 13.7 Å². The summed E-state index contributed by atoms with van der Waals surface area (Å²) in [7, 11) is 1.54. The van der Waals surface area contributed by atoms with E-state index in [9.17, 15) is 9.59 Å². The molecule has 0 aromatic heterocycles. The molecule has 0 fully saturated rings. The van der Waals surface area contributed by atoms with E-state index in [0.717, 1.165) is 24.2 Å². The number of unbranched alkanes of at least 4 members (excludes halogenated alkanes) is 1. The number of benzene rings is 3. The first-order chi connectivity index (χ1) is 16.1. The Balaban J connectivity index is 1.51. The van der Waals surface area contributed by atoms with Crippen molar-refractivity contribution < 1.29 is 23.8 Å². The van der Waals surface area contributed by atoms with Gasteiger partial charge in [0.25, 0.3) is 5.91 Å². The summed E-state index contributed by atoms with van der Waals surface area (Å²) in [6, 6.07) is 20.4. The zero-order chi connectivity index (χ0) is 23.5. The third-order valence-corrected chi connectivity index (χ3v) is 4.66. The number of hydrogen-bond donors (Lipinski definition) is 1. The van der Waals surface area contributed by atoms with E-state index in [2.05, 4.69) is 17.5 Å². The number of hydrazone groups is 1. The monoisotopic (exact) mass is 446 g/mol. The van der Waals surface area contributed by atoms with E-state index in [4.69, 9.17) is 14.2 Å². The molecule has 170 valence electrons. The van der Waals surface area contributed by atoms with Gasteiger partial charge in [0.15, 0.2) is 0 Å². The van der Waals surface area contributed by atoms with Crippen molar-refractivity contribution in [2.24, 2.45) is 5.10 Å². The molecule has 0 radical (unpaired) electrons. The van der Waals surface area contributed by atoms with Gasteiger partial charge >= 0.3 is 5.97 Å². The number of nitrogens with one attached hydrogen (secondary N) is 1. The molecule has 1 N–H and O–H groups in total. The summed E-state index contributed by atoms with van der Waals surface area (Å²) in [4.78, 5) is 24.5. The van der Waals surface area contributed by atoms with Crippen LogP contribution >= 0.6 is 0 Å². The normalized spacial score (nSPS) is 10.6. The summed E-state index contributed by atoms with van der Waals surface area (Å²) in [5.74, 6) is 0.913. The molecule has 0 aliphatic carbocycles. The molecule has 1 amide bonds. The predicted octanol–water partition coefficient (Wildman–Crippen LogP) is 4.86. The van der Waals surface area contributed by atoms with Gasteiger partial charge in [0.1, 0.15) is 17.2 Å². The predicted molar refractivity (Wildman–Crippen MR) is 126 cm³/mol. The number of nitrogens with zero attached hydrogens (tertiary/aromatic N) is 1. The van der Waals surface area contributed by atoms with Gasteiger partial charge in [-0.05, 0) is 78.7 Å². The highest BCUT2D eigenvalue weighted by molar-refractivity contribution is 5.95. The fourth-order valence-electron chi connectivity index (χ4n) is 2.80. The Labute approximate surface area is 193 Å². The van der Waals surface area contributed by atoms with Gasteiger partial charge in [-0.1, -0.05) is 19.4 Å². The van der Waals surface area contributed by atoms with E-state index in [0.29, 0.717) is 29.2 Å². The molecule has 0 bridgehead atoms. The van der Waals surface area contributed by atoms with Gasteiger partial charge in [-0.25, -0.2) is 10.2 Å². The highest BCUT2D eigenvalue weighted by Gasteiger charge is 2.09. The average Bonchev–Trinajstić information content (AvgIpc) is 2.85. The molecule has 0 atom stereocenters. The number of methoxy groups -OCH3 is 1. The zero-order valence-electron chi connectivity index (χ0n) is 18.6. The molecular weight excluding hydrogens is 420 g/mol. The highest BCUT2D eigenvalue weighted by Crippen LogP contribution is 2.17. The fraction of sp³-hybridized carbons (Fsp3) is 0.192. The van der Waals surface area contributed by atoms with E-state index in [1.165, 1.54) is 13.3 Å². The van der Waals surface area contributed by atoms with Gasteiger partial charge in [0.05, 0.1) is 25.5 Å². The van der Waals surface area contributed by atoms with E-state index >= 15 is 0 Å². The lowest BCUT2D eigenvalue weighted by Gasteiger charge is -2.07. The molecule has 0 saturated carbocycles. The zero-order valence-corrected chi connectivity index (χ0v) is 18.6. The Morgan fingerprint density at radius 1 is 0.909 bits per heavy atom. The van der Waals surface area contributed by atoms with E-state index < -0.39 is 5.97 Å². The highest BCUT2D eigenvalue weighted by atomic mass is 16.5. The number of carbonyl (C=O) groups excluding carboxylic acids is 2. The van der Waals surface area contributed by atoms with Crippen molar-refractivity contribution >= 4 is 18.1 Å². The topological polar surface area (TPSA) is 86.2 Å². The quantitative estimate of drug-likeness (QED) is 0.158. The molecular formula is C26H26N2O5. The standard InChI is InChI=1S/C26H26N2O5/c1-3-4-16-32-22-14-10-20(11-15-22)26(30)33-23-12-8-19(9-13-23)18-27-28-25(29)21-6-5-7-24(17-21)31-2/h5-15,17-18H,3-4,16H2,1-2H3,(H,28,29). The maximum absolute atomic E-state index is 12.4. The number of ether oxygens (including phenoxy) is 3. The summed E-state index contributed by atoms with van der Waals surface area (Å²) in [5.41, 5.74) is 4.07. The lowest BCUT2D eigenvalue weighted by Crippen LogP contribution is -2.17. The molecule has 3 aromatic rings. The smallest absolute Gasteiger partial charge is 0.343 e. The van der Waals surface area contributed by atoms with E-state index in [1.54, 1.807) is 72.8 Å². The summed E-state index contributed by atoms with van der Waals surface area (Å²) >= 11 is 0. The minimum absolute atomic E-state index is 0.350. The van der Waals surface area contributed by atoms with Crippen molar-refractivity contribution in [1.29, 1.82) is 0 Å². The van der Waals surface area contributed by atoms with Crippen LogP contribution in [0.1, 0.15) is 46.0 Å². The van der Waals surface area contributed by atoms with Crippen LogP contribution in [0, 0.1) is 0 Å². The number of amides is 1. The summed E-state index contributed by atoms with van der Waals surface area (Å²) < 4.78 is 16.1. The molecule has 0 heterocycles. The second-order valence-electron chi connectivity index (χ2n) is 7.12. The SMILES string of the molecule is CCCCOc1ccc(C(=O)Oc2ccc(C=NNC(=O)c3cccc(OC)c3)cc2)cc1. The maximum atomic E-state index is 12.4. The van der Waals surface area contributed by atoms with Gasteiger partial charge in [0, 0.05) is 5.56 Å². The first-order valence-corrected chi connectivity index (χ1v) is 10.6. The van der Waals surface area contributed by atoms with Crippen LogP contribution in [0.5, 0.6) is 17.2 Å². The third kappa shape index (κ3) is 7.21. The number of rotatable bonds is 10. The second-order valence-corrected chi connectivity index (χ2v) is 7.12. The van der Waals surface area contributed by atoms with E-state index in [-0.39, 0.29) is 5.91 Å². The number of hydrogen-bond acceptors (Lipinski definition) is 6. The Morgan fingerprint density at radius 3 is 2.33 bits per heavy atom. The Bertz CT molecular complexity index is 1090. The first-order valence-electron chi connectivity index (χ1n) is 10.6. The molecule has 0 aliphatic heterocycles. The van der Waals surface area contributed by atoms with Crippen molar-refractivity contribution in [3.05, 3.63) is 89.5 Å². The largest absolute Gasteiger partial charge is 0.497 e. The lowest BCUT2D eigenvalue weighted by molar-refractivity contribution is 0.0734. The summed E-state index contributed by atoms with van der Waals surface area (Å²) in [6.07, 6.45) is 3.55. The molecule has 3 rings (SSSR count). The van der Waals surface area contributed by atoms with Gasteiger partial charge in [-0.15, -0.1) is 0 Å². The molecule has 7 nitrogen and oxygen atoms in total. The minimum Gasteiger partial charge on any atom is -0.497 e. The van der Waals surface area contributed by atoms with Crippen LogP contribution in [0.3, 0.4) is 0 Å². The number of carbonyl (C=O) groups is 2.